The molecule has 4 nitrogen and oxygen atoms in total. The highest BCUT2D eigenvalue weighted by atomic mass is 32.2. The molecule has 1 aliphatic heterocycles. The van der Waals surface area contributed by atoms with Gasteiger partial charge < -0.3 is 10.1 Å². The first-order valence-electron chi connectivity index (χ1n) is 9.38. The molecule has 4 rings (SSSR count). The second-order valence-corrected chi connectivity index (χ2v) is 7.47. The van der Waals surface area contributed by atoms with E-state index in [0.717, 1.165) is 48.2 Å². The molecule has 2 N–H and O–H groups in total. The number of hydrogen-bond donors (Lipinski definition) is 2. The number of aromatic nitrogens is 1. The Balaban J connectivity index is 1.83. The summed E-state index contributed by atoms with van der Waals surface area (Å²) in [5.41, 5.74) is 9.28. The van der Waals surface area contributed by atoms with Gasteiger partial charge in [-0.3, -0.25) is 4.98 Å². The van der Waals surface area contributed by atoms with Gasteiger partial charge in [0.25, 0.3) is 0 Å². The molecule has 0 atom stereocenters. The maximum atomic E-state index is 4.69. The zero-order chi connectivity index (χ0) is 18.6. The summed E-state index contributed by atoms with van der Waals surface area (Å²) in [6.07, 6.45) is 5.87. The van der Waals surface area contributed by atoms with Crippen LogP contribution in [0.15, 0.2) is 66.2 Å². The average Bonchev–Trinajstić information content (AvgIpc) is 2.72. The summed E-state index contributed by atoms with van der Waals surface area (Å²) in [6, 6.07) is 14.9. The van der Waals surface area contributed by atoms with Crippen molar-refractivity contribution < 1.29 is 0 Å². The van der Waals surface area contributed by atoms with Crippen molar-refractivity contribution in [3.63, 3.8) is 0 Å². The lowest BCUT2D eigenvalue weighted by Gasteiger charge is -2.27. The van der Waals surface area contributed by atoms with Crippen LogP contribution in [0.25, 0.3) is 22.0 Å². The van der Waals surface area contributed by atoms with E-state index in [1.807, 2.05) is 18.3 Å². The third kappa shape index (κ3) is 3.53. The Hall–Kier alpha value is -2.50. The molecule has 0 amide bonds. The van der Waals surface area contributed by atoms with Gasteiger partial charge in [0, 0.05) is 35.1 Å². The van der Waals surface area contributed by atoms with E-state index in [0.29, 0.717) is 0 Å². The molecular formula is C22H24N4S. The average molecular weight is 377 g/mol. The van der Waals surface area contributed by atoms with E-state index in [4.69, 9.17) is 4.98 Å². The predicted octanol–water partition coefficient (Wildman–Crippen LogP) is 5.95. The van der Waals surface area contributed by atoms with Crippen LogP contribution in [0.5, 0.6) is 0 Å². The maximum Gasteiger partial charge on any atom is 0.0969 e. The summed E-state index contributed by atoms with van der Waals surface area (Å²) in [5.74, 6) is 0. The molecule has 0 bridgehead atoms. The van der Waals surface area contributed by atoms with E-state index in [1.165, 1.54) is 16.0 Å². The smallest absolute Gasteiger partial charge is 0.0969 e. The first kappa shape index (κ1) is 17.9. The van der Waals surface area contributed by atoms with Gasteiger partial charge in [-0.15, -0.1) is 6.58 Å². The van der Waals surface area contributed by atoms with Crippen molar-refractivity contribution in [2.75, 3.05) is 23.2 Å². The van der Waals surface area contributed by atoms with Crippen LogP contribution < -0.4 is 10.1 Å². The fourth-order valence-electron chi connectivity index (χ4n) is 3.45. The second kappa shape index (κ2) is 8.03. The molecule has 0 spiro atoms. The Labute approximate surface area is 164 Å². The maximum absolute atomic E-state index is 4.69. The minimum atomic E-state index is 0.931. The molecule has 0 aliphatic carbocycles. The monoisotopic (exact) mass is 376 g/mol. The van der Waals surface area contributed by atoms with Crippen LogP contribution >= 0.6 is 11.9 Å². The topological polar surface area (TPSA) is 40.2 Å². The van der Waals surface area contributed by atoms with Gasteiger partial charge in [-0.05, 0) is 54.6 Å². The van der Waals surface area contributed by atoms with Gasteiger partial charge in [0.05, 0.1) is 16.9 Å². The molecule has 0 saturated carbocycles. The van der Waals surface area contributed by atoms with Crippen molar-refractivity contribution in [2.45, 2.75) is 24.7 Å². The summed E-state index contributed by atoms with van der Waals surface area (Å²) in [6.45, 7) is 7.97. The zero-order valence-electron chi connectivity index (χ0n) is 15.5. The van der Waals surface area contributed by atoms with Crippen molar-refractivity contribution in [2.24, 2.45) is 0 Å². The van der Waals surface area contributed by atoms with E-state index in [2.05, 4.69) is 65.1 Å². The van der Waals surface area contributed by atoms with Crippen LogP contribution in [0.2, 0.25) is 0 Å². The number of benzene rings is 2. The highest BCUT2D eigenvalue weighted by Crippen LogP contribution is 2.46. The zero-order valence-corrected chi connectivity index (χ0v) is 16.4. The first-order valence-corrected chi connectivity index (χ1v) is 10.2. The lowest BCUT2D eigenvalue weighted by Crippen LogP contribution is -2.31. The Kier molecular flexibility index (Phi) is 5.32. The molecule has 138 valence electrons. The Morgan fingerprint density at radius 2 is 2.07 bits per heavy atom. The van der Waals surface area contributed by atoms with E-state index >= 15 is 0 Å². The number of hydrazine groups is 1. The summed E-state index contributed by atoms with van der Waals surface area (Å²) in [4.78, 5) is 5.93. The number of pyridine rings is 1. The quantitative estimate of drug-likeness (QED) is 0.303. The standard InChI is InChI=1S/C22H24N4S/c1-3-5-14-26(13-4-2)24-19-15-18-16-9-6-7-11-20(16)27-25-22(18)21-17(19)10-8-12-23-21/h3,6-12,15,24-25H,1,4-5,13-14H2,2H3. The molecule has 1 aliphatic rings. The number of nitrogens with one attached hydrogen (secondary N) is 2. The molecule has 2 aromatic carbocycles. The third-order valence-electron chi connectivity index (χ3n) is 4.71. The van der Waals surface area contributed by atoms with Crippen molar-refractivity contribution in [3.8, 4) is 11.1 Å². The normalized spacial score (nSPS) is 12.4. The Bertz CT molecular complexity index is 970. The Morgan fingerprint density at radius 1 is 1.19 bits per heavy atom. The van der Waals surface area contributed by atoms with Crippen molar-refractivity contribution in [1.82, 2.24) is 9.99 Å². The summed E-state index contributed by atoms with van der Waals surface area (Å²) in [5, 5.41) is 3.40. The lowest BCUT2D eigenvalue weighted by atomic mass is 9.99. The highest BCUT2D eigenvalue weighted by molar-refractivity contribution is 8.00. The van der Waals surface area contributed by atoms with Crippen LogP contribution in [0.1, 0.15) is 19.8 Å². The van der Waals surface area contributed by atoms with Crippen molar-refractivity contribution in [1.29, 1.82) is 0 Å². The molecule has 5 heteroatoms. The largest absolute Gasteiger partial charge is 0.323 e. The minimum Gasteiger partial charge on any atom is -0.323 e. The molecule has 27 heavy (non-hydrogen) atoms. The fraction of sp³-hybridized carbons (Fsp3) is 0.227. The van der Waals surface area contributed by atoms with Gasteiger partial charge in [-0.2, -0.15) is 0 Å². The SMILES string of the molecule is C=CCCN(CCC)Nc1cc2c(c3ncccc13)NSc1ccccc1-2. The van der Waals surface area contributed by atoms with Gasteiger partial charge >= 0.3 is 0 Å². The van der Waals surface area contributed by atoms with Crippen LogP contribution in [0.3, 0.4) is 0 Å². The van der Waals surface area contributed by atoms with E-state index in [1.54, 1.807) is 11.9 Å². The van der Waals surface area contributed by atoms with E-state index < -0.39 is 0 Å². The van der Waals surface area contributed by atoms with Gasteiger partial charge in [-0.25, -0.2) is 5.01 Å². The predicted molar refractivity (Wildman–Crippen MR) is 117 cm³/mol. The van der Waals surface area contributed by atoms with E-state index in [9.17, 15) is 0 Å². The summed E-state index contributed by atoms with van der Waals surface area (Å²) in [7, 11) is 0. The molecular weight excluding hydrogens is 352 g/mol. The van der Waals surface area contributed by atoms with Crippen LogP contribution in [0, 0.1) is 0 Å². The number of anilines is 2. The molecule has 0 saturated heterocycles. The summed E-state index contributed by atoms with van der Waals surface area (Å²) < 4.78 is 3.50. The van der Waals surface area contributed by atoms with Crippen LogP contribution in [-0.2, 0) is 0 Å². The van der Waals surface area contributed by atoms with Crippen LogP contribution in [-0.4, -0.2) is 23.1 Å². The van der Waals surface area contributed by atoms with Gasteiger partial charge in [0.2, 0.25) is 0 Å². The number of hydrogen-bond acceptors (Lipinski definition) is 5. The van der Waals surface area contributed by atoms with Crippen molar-refractivity contribution in [3.05, 3.63) is 61.3 Å². The van der Waals surface area contributed by atoms with Gasteiger partial charge in [-0.1, -0.05) is 31.2 Å². The van der Waals surface area contributed by atoms with E-state index in [-0.39, 0.29) is 0 Å². The van der Waals surface area contributed by atoms with Crippen LogP contribution in [0.4, 0.5) is 11.4 Å². The summed E-state index contributed by atoms with van der Waals surface area (Å²) >= 11 is 1.65. The number of fused-ring (bicyclic) bond motifs is 5. The molecule has 0 radical (unpaired) electrons. The molecule has 1 aromatic heterocycles. The number of nitrogens with zero attached hydrogens (tertiary/aromatic N) is 2. The Morgan fingerprint density at radius 3 is 2.93 bits per heavy atom. The first-order chi connectivity index (χ1) is 13.3. The van der Waals surface area contributed by atoms with Crippen molar-refractivity contribution >= 4 is 34.2 Å². The number of rotatable bonds is 7. The minimum absolute atomic E-state index is 0.931. The molecule has 3 aromatic rings. The van der Waals surface area contributed by atoms with Gasteiger partial charge in [0.1, 0.15) is 0 Å². The highest BCUT2D eigenvalue weighted by Gasteiger charge is 2.21. The molecule has 2 heterocycles. The molecule has 0 unspecified atom stereocenters. The third-order valence-corrected chi connectivity index (χ3v) is 5.59. The van der Waals surface area contributed by atoms with Gasteiger partial charge in [0.15, 0.2) is 0 Å². The molecule has 0 fully saturated rings. The second-order valence-electron chi connectivity index (χ2n) is 6.62. The fourth-order valence-corrected chi connectivity index (χ4v) is 4.30. The lowest BCUT2D eigenvalue weighted by molar-refractivity contribution is 0.337.